The van der Waals surface area contributed by atoms with Gasteiger partial charge in [0.15, 0.2) is 0 Å². The summed E-state index contributed by atoms with van der Waals surface area (Å²) in [7, 11) is 0. The lowest BCUT2D eigenvalue weighted by Crippen LogP contribution is -2.62. The SMILES string of the molecule is CCC1CNCC2(CC(C)(C)C2)O1. The van der Waals surface area contributed by atoms with Gasteiger partial charge < -0.3 is 10.1 Å². The molecule has 0 aromatic heterocycles. The van der Waals surface area contributed by atoms with Crippen molar-refractivity contribution >= 4 is 0 Å². The Bertz CT molecular complexity index is 192. The molecule has 1 heterocycles. The number of rotatable bonds is 1. The molecule has 1 spiro atoms. The number of ether oxygens (including phenoxy) is 1. The summed E-state index contributed by atoms with van der Waals surface area (Å²) in [5, 5.41) is 3.49. The monoisotopic (exact) mass is 183 g/mol. The molecule has 2 nitrogen and oxygen atoms in total. The second-order valence-corrected chi connectivity index (χ2v) is 5.48. The van der Waals surface area contributed by atoms with Crippen molar-refractivity contribution in [3.63, 3.8) is 0 Å². The van der Waals surface area contributed by atoms with E-state index in [9.17, 15) is 0 Å². The van der Waals surface area contributed by atoms with Gasteiger partial charge in [0.1, 0.15) is 0 Å². The van der Waals surface area contributed by atoms with Crippen molar-refractivity contribution in [3.05, 3.63) is 0 Å². The molecule has 13 heavy (non-hydrogen) atoms. The first-order valence-corrected chi connectivity index (χ1v) is 5.44. The summed E-state index contributed by atoms with van der Waals surface area (Å²) in [5.41, 5.74) is 0.708. The molecular formula is C11H21NO. The standard InChI is InChI=1S/C11H21NO/c1-4-9-5-12-8-11(13-9)6-10(2,3)7-11/h9,12H,4-8H2,1-3H3. The normalized spacial score (nSPS) is 35.8. The van der Waals surface area contributed by atoms with Crippen LogP contribution >= 0.6 is 0 Å². The van der Waals surface area contributed by atoms with Crippen LogP contribution in [0.15, 0.2) is 0 Å². The molecule has 2 heteroatoms. The maximum atomic E-state index is 6.13. The first-order chi connectivity index (χ1) is 6.05. The highest BCUT2D eigenvalue weighted by Crippen LogP contribution is 2.51. The summed E-state index contributed by atoms with van der Waals surface area (Å²) in [5.74, 6) is 0. The average molecular weight is 183 g/mol. The van der Waals surface area contributed by atoms with E-state index in [0.717, 1.165) is 19.5 Å². The Labute approximate surface area is 81.0 Å². The van der Waals surface area contributed by atoms with Crippen molar-refractivity contribution < 1.29 is 4.74 Å². The van der Waals surface area contributed by atoms with E-state index in [0.29, 0.717) is 11.5 Å². The van der Waals surface area contributed by atoms with Gasteiger partial charge in [-0.05, 0) is 24.7 Å². The fourth-order valence-electron chi connectivity index (χ4n) is 3.03. The predicted octanol–water partition coefficient (Wildman–Crippen LogP) is 1.94. The van der Waals surface area contributed by atoms with Crippen molar-refractivity contribution in [1.29, 1.82) is 0 Å². The van der Waals surface area contributed by atoms with E-state index in [1.54, 1.807) is 0 Å². The lowest BCUT2D eigenvalue weighted by molar-refractivity contribution is -0.201. The Kier molecular flexibility index (Phi) is 2.16. The molecule has 0 aromatic rings. The van der Waals surface area contributed by atoms with Gasteiger partial charge in [-0.25, -0.2) is 0 Å². The zero-order chi connectivity index (χ0) is 9.53. The summed E-state index contributed by atoms with van der Waals surface area (Å²) in [6.45, 7) is 8.97. The molecular weight excluding hydrogens is 162 g/mol. The molecule has 76 valence electrons. The molecule has 1 aliphatic heterocycles. The van der Waals surface area contributed by atoms with Gasteiger partial charge in [0.2, 0.25) is 0 Å². The highest BCUT2D eigenvalue weighted by Gasteiger charge is 2.52. The minimum atomic E-state index is 0.197. The van der Waals surface area contributed by atoms with Crippen LogP contribution in [0, 0.1) is 5.41 Å². The first-order valence-electron chi connectivity index (χ1n) is 5.44. The summed E-state index contributed by atoms with van der Waals surface area (Å²) >= 11 is 0. The maximum Gasteiger partial charge on any atom is 0.0820 e. The quantitative estimate of drug-likeness (QED) is 0.671. The topological polar surface area (TPSA) is 21.3 Å². The fourth-order valence-corrected chi connectivity index (χ4v) is 3.03. The highest BCUT2D eigenvalue weighted by atomic mass is 16.5. The zero-order valence-electron chi connectivity index (χ0n) is 9.02. The third-order valence-corrected chi connectivity index (χ3v) is 3.29. The average Bonchev–Trinajstić information content (AvgIpc) is 2.01. The Balaban J connectivity index is 1.94. The van der Waals surface area contributed by atoms with Gasteiger partial charge in [-0.1, -0.05) is 20.8 Å². The van der Waals surface area contributed by atoms with Crippen molar-refractivity contribution in [3.8, 4) is 0 Å². The molecule has 1 aliphatic carbocycles. The van der Waals surface area contributed by atoms with Crippen molar-refractivity contribution in [2.45, 2.75) is 51.7 Å². The molecule has 2 rings (SSSR count). The smallest absolute Gasteiger partial charge is 0.0820 e. The molecule has 1 unspecified atom stereocenters. The number of nitrogens with one attached hydrogen (secondary N) is 1. The van der Waals surface area contributed by atoms with E-state index < -0.39 is 0 Å². The van der Waals surface area contributed by atoms with Crippen molar-refractivity contribution in [2.24, 2.45) is 5.41 Å². The maximum absolute atomic E-state index is 6.13. The molecule has 1 atom stereocenters. The van der Waals surface area contributed by atoms with E-state index in [-0.39, 0.29) is 5.60 Å². The van der Waals surface area contributed by atoms with Crippen molar-refractivity contribution in [1.82, 2.24) is 5.32 Å². The molecule has 0 bridgehead atoms. The van der Waals surface area contributed by atoms with E-state index in [4.69, 9.17) is 4.74 Å². The van der Waals surface area contributed by atoms with Crippen molar-refractivity contribution in [2.75, 3.05) is 13.1 Å². The first kappa shape index (κ1) is 9.47. The predicted molar refractivity (Wildman–Crippen MR) is 53.8 cm³/mol. The Morgan fingerprint density at radius 1 is 1.38 bits per heavy atom. The minimum Gasteiger partial charge on any atom is -0.369 e. The van der Waals surface area contributed by atoms with Crippen LogP contribution in [0.1, 0.15) is 40.0 Å². The lowest BCUT2D eigenvalue weighted by Gasteiger charge is -2.56. The van der Waals surface area contributed by atoms with Gasteiger partial charge in [0.05, 0.1) is 11.7 Å². The van der Waals surface area contributed by atoms with Crippen LogP contribution in [0.25, 0.3) is 0 Å². The number of hydrogen-bond donors (Lipinski definition) is 1. The van der Waals surface area contributed by atoms with Gasteiger partial charge >= 0.3 is 0 Å². The lowest BCUT2D eigenvalue weighted by atomic mass is 9.61. The fraction of sp³-hybridized carbons (Fsp3) is 1.00. The molecule has 2 fully saturated rings. The van der Waals surface area contributed by atoms with E-state index >= 15 is 0 Å². The van der Waals surface area contributed by atoms with Gasteiger partial charge in [-0.15, -0.1) is 0 Å². The molecule has 0 amide bonds. The second-order valence-electron chi connectivity index (χ2n) is 5.48. The van der Waals surface area contributed by atoms with E-state index in [1.165, 1.54) is 12.8 Å². The molecule has 1 saturated heterocycles. The van der Waals surface area contributed by atoms with Crippen LogP contribution in [0.4, 0.5) is 0 Å². The second kappa shape index (κ2) is 2.96. The molecule has 1 N–H and O–H groups in total. The van der Waals surface area contributed by atoms with E-state index in [2.05, 4.69) is 26.1 Å². The third-order valence-electron chi connectivity index (χ3n) is 3.29. The van der Waals surface area contributed by atoms with Gasteiger partial charge in [0.25, 0.3) is 0 Å². The largest absolute Gasteiger partial charge is 0.369 e. The Morgan fingerprint density at radius 2 is 2.08 bits per heavy atom. The number of hydrogen-bond acceptors (Lipinski definition) is 2. The molecule has 0 aromatic carbocycles. The summed E-state index contributed by atoms with van der Waals surface area (Å²) in [4.78, 5) is 0. The third kappa shape index (κ3) is 1.75. The minimum absolute atomic E-state index is 0.197. The van der Waals surface area contributed by atoms with Crippen LogP contribution in [-0.2, 0) is 4.74 Å². The van der Waals surface area contributed by atoms with Crippen LogP contribution in [-0.4, -0.2) is 24.8 Å². The molecule has 1 saturated carbocycles. The summed E-state index contributed by atoms with van der Waals surface area (Å²) in [6.07, 6.45) is 4.03. The van der Waals surface area contributed by atoms with Gasteiger partial charge in [-0.2, -0.15) is 0 Å². The Hall–Kier alpha value is -0.0800. The number of morpholine rings is 1. The van der Waals surface area contributed by atoms with Crippen LogP contribution in [0.5, 0.6) is 0 Å². The van der Waals surface area contributed by atoms with Crippen LogP contribution in [0.3, 0.4) is 0 Å². The van der Waals surface area contributed by atoms with Crippen LogP contribution < -0.4 is 5.32 Å². The van der Waals surface area contributed by atoms with Crippen LogP contribution in [0.2, 0.25) is 0 Å². The van der Waals surface area contributed by atoms with Gasteiger partial charge in [-0.3, -0.25) is 0 Å². The Morgan fingerprint density at radius 3 is 2.62 bits per heavy atom. The molecule has 0 radical (unpaired) electrons. The molecule has 2 aliphatic rings. The summed E-state index contributed by atoms with van der Waals surface area (Å²) in [6, 6.07) is 0. The summed E-state index contributed by atoms with van der Waals surface area (Å²) < 4.78 is 6.13. The highest BCUT2D eigenvalue weighted by molar-refractivity contribution is 5.04. The van der Waals surface area contributed by atoms with E-state index in [1.807, 2.05) is 0 Å². The zero-order valence-corrected chi connectivity index (χ0v) is 9.02. The van der Waals surface area contributed by atoms with Gasteiger partial charge in [0, 0.05) is 13.1 Å².